The fourth-order valence-electron chi connectivity index (χ4n) is 3.47. The molecular formula is C26H23NO3S2. The van der Waals surface area contributed by atoms with Gasteiger partial charge < -0.3 is 9.47 Å². The van der Waals surface area contributed by atoms with Crippen LogP contribution in [0.5, 0.6) is 11.5 Å². The molecule has 3 aromatic carbocycles. The summed E-state index contributed by atoms with van der Waals surface area (Å²) in [6.07, 6.45) is 1.85. The van der Waals surface area contributed by atoms with Gasteiger partial charge in [0.05, 0.1) is 18.1 Å². The number of hydrogen-bond donors (Lipinski definition) is 0. The Morgan fingerprint density at radius 2 is 1.69 bits per heavy atom. The van der Waals surface area contributed by atoms with E-state index in [1.54, 1.807) is 12.0 Å². The van der Waals surface area contributed by atoms with Gasteiger partial charge in [-0.15, -0.1) is 0 Å². The third-order valence-electron chi connectivity index (χ3n) is 5.22. The van der Waals surface area contributed by atoms with E-state index in [4.69, 9.17) is 21.7 Å². The van der Waals surface area contributed by atoms with E-state index in [2.05, 4.69) is 0 Å². The summed E-state index contributed by atoms with van der Waals surface area (Å²) in [5, 5.41) is 0. The Bertz CT molecular complexity index is 1150. The van der Waals surface area contributed by atoms with Gasteiger partial charge in [-0.1, -0.05) is 90.7 Å². The molecule has 0 bridgehead atoms. The first-order valence-corrected chi connectivity index (χ1v) is 11.5. The van der Waals surface area contributed by atoms with E-state index in [0.717, 1.165) is 16.7 Å². The summed E-state index contributed by atoms with van der Waals surface area (Å²) >= 11 is 6.84. The summed E-state index contributed by atoms with van der Waals surface area (Å²) in [6, 6.07) is 25.4. The lowest BCUT2D eigenvalue weighted by molar-refractivity contribution is -0.123. The highest BCUT2D eigenvalue weighted by atomic mass is 32.2. The molecule has 0 aromatic heterocycles. The fourth-order valence-corrected chi connectivity index (χ4v) is 4.89. The smallest absolute Gasteiger partial charge is 0.266 e. The van der Waals surface area contributed by atoms with Crippen molar-refractivity contribution in [1.29, 1.82) is 0 Å². The van der Waals surface area contributed by atoms with Crippen LogP contribution in [0.15, 0.2) is 83.8 Å². The third-order valence-corrected chi connectivity index (χ3v) is 6.55. The van der Waals surface area contributed by atoms with Crippen LogP contribution in [0.1, 0.15) is 29.7 Å². The van der Waals surface area contributed by atoms with Crippen molar-refractivity contribution in [3.05, 3.63) is 100 Å². The quantitative estimate of drug-likeness (QED) is 0.308. The van der Waals surface area contributed by atoms with Gasteiger partial charge in [0.15, 0.2) is 11.5 Å². The number of methoxy groups -OCH3 is 1. The number of benzene rings is 3. The third kappa shape index (κ3) is 4.87. The van der Waals surface area contributed by atoms with Crippen LogP contribution >= 0.6 is 24.0 Å². The highest BCUT2D eigenvalue weighted by Gasteiger charge is 2.35. The Balaban J connectivity index is 1.52. The molecule has 4 rings (SSSR count). The standard InChI is InChI=1S/C26H23NO3S2/c1-18(21-11-7-4-8-12-21)27-25(28)24(32-26(27)31)16-20-13-14-22(23(15-20)29-2)30-17-19-9-5-3-6-10-19/h3-16,18H,17H2,1-2H3/b24-16-/t18-/m1/s1. The molecule has 1 amide bonds. The maximum absolute atomic E-state index is 13.1. The Kier molecular flexibility index (Phi) is 6.93. The summed E-state index contributed by atoms with van der Waals surface area (Å²) < 4.78 is 12.0. The molecule has 4 nitrogen and oxygen atoms in total. The van der Waals surface area contributed by atoms with E-state index in [-0.39, 0.29) is 11.9 Å². The minimum Gasteiger partial charge on any atom is -0.493 e. The van der Waals surface area contributed by atoms with Gasteiger partial charge in [-0.2, -0.15) is 0 Å². The lowest BCUT2D eigenvalue weighted by Crippen LogP contribution is -2.30. The zero-order valence-electron chi connectivity index (χ0n) is 17.9. The van der Waals surface area contributed by atoms with Crippen molar-refractivity contribution < 1.29 is 14.3 Å². The molecule has 1 saturated heterocycles. The molecule has 0 radical (unpaired) electrons. The molecule has 0 unspecified atom stereocenters. The van der Waals surface area contributed by atoms with Gasteiger partial charge in [-0.3, -0.25) is 9.69 Å². The Labute approximate surface area is 197 Å². The summed E-state index contributed by atoms with van der Waals surface area (Å²) in [4.78, 5) is 15.4. The average Bonchev–Trinajstić information content (AvgIpc) is 3.11. The number of thiocarbonyl (C=S) groups is 1. The topological polar surface area (TPSA) is 38.8 Å². The predicted molar refractivity (Wildman–Crippen MR) is 134 cm³/mol. The molecule has 1 fully saturated rings. The lowest BCUT2D eigenvalue weighted by Gasteiger charge is -2.23. The SMILES string of the molecule is COc1cc(/C=C2\SC(=S)N([C@H](C)c3ccccc3)C2=O)ccc1OCc1ccccc1. The number of amides is 1. The van der Waals surface area contributed by atoms with Crippen LogP contribution < -0.4 is 9.47 Å². The monoisotopic (exact) mass is 461 g/mol. The molecule has 3 aromatic rings. The highest BCUT2D eigenvalue weighted by molar-refractivity contribution is 8.26. The van der Waals surface area contributed by atoms with Crippen LogP contribution in [-0.2, 0) is 11.4 Å². The minimum atomic E-state index is -0.127. The average molecular weight is 462 g/mol. The molecule has 6 heteroatoms. The van der Waals surface area contributed by atoms with Gasteiger partial charge in [0.1, 0.15) is 10.9 Å². The zero-order valence-corrected chi connectivity index (χ0v) is 19.5. The molecule has 1 heterocycles. The fraction of sp³-hybridized carbons (Fsp3) is 0.154. The van der Waals surface area contributed by atoms with Crippen molar-refractivity contribution in [2.75, 3.05) is 7.11 Å². The van der Waals surface area contributed by atoms with Crippen LogP contribution in [0.25, 0.3) is 6.08 Å². The number of ether oxygens (including phenoxy) is 2. The van der Waals surface area contributed by atoms with E-state index in [1.807, 2.05) is 91.9 Å². The Morgan fingerprint density at radius 1 is 1.00 bits per heavy atom. The molecule has 0 spiro atoms. The van der Waals surface area contributed by atoms with Crippen molar-refractivity contribution in [3.8, 4) is 11.5 Å². The molecule has 1 aliphatic heterocycles. The first-order valence-electron chi connectivity index (χ1n) is 10.2. The van der Waals surface area contributed by atoms with Gasteiger partial charge in [0, 0.05) is 0 Å². The van der Waals surface area contributed by atoms with Crippen molar-refractivity contribution in [3.63, 3.8) is 0 Å². The van der Waals surface area contributed by atoms with Crippen LogP contribution in [0.3, 0.4) is 0 Å². The second-order valence-electron chi connectivity index (χ2n) is 7.32. The van der Waals surface area contributed by atoms with E-state index in [9.17, 15) is 4.79 Å². The number of hydrogen-bond acceptors (Lipinski definition) is 5. The van der Waals surface area contributed by atoms with Gasteiger partial charge in [0.25, 0.3) is 5.91 Å². The Hall–Kier alpha value is -3.09. The maximum atomic E-state index is 13.1. The normalized spacial score (nSPS) is 15.8. The van der Waals surface area contributed by atoms with Crippen LogP contribution in [0.4, 0.5) is 0 Å². The largest absolute Gasteiger partial charge is 0.493 e. The molecule has 0 saturated carbocycles. The van der Waals surface area contributed by atoms with Crippen molar-refractivity contribution >= 4 is 40.3 Å². The summed E-state index contributed by atoms with van der Waals surface area (Å²) in [7, 11) is 1.61. The first kappa shape index (κ1) is 22.1. The molecule has 0 aliphatic carbocycles. The van der Waals surface area contributed by atoms with Crippen LogP contribution in [-0.4, -0.2) is 22.2 Å². The van der Waals surface area contributed by atoms with E-state index in [0.29, 0.717) is 27.3 Å². The van der Waals surface area contributed by atoms with Gasteiger partial charge in [-0.25, -0.2) is 0 Å². The minimum absolute atomic E-state index is 0.0836. The molecule has 0 N–H and O–H groups in total. The van der Waals surface area contributed by atoms with Crippen molar-refractivity contribution in [2.45, 2.75) is 19.6 Å². The number of nitrogens with zero attached hydrogens (tertiary/aromatic N) is 1. The zero-order chi connectivity index (χ0) is 22.5. The van der Waals surface area contributed by atoms with Crippen LogP contribution in [0.2, 0.25) is 0 Å². The number of rotatable bonds is 7. The van der Waals surface area contributed by atoms with Gasteiger partial charge in [-0.05, 0) is 41.8 Å². The number of thioether (sulfide) groups is 1. The molecule has 1 atom stereocenters. The van der Waals surface area contributed by atoms with Gasteiger partial charge >= 0.3 is 0 Å². The Morgan fingerprint density at radius 3 is 2.38 bits per heavy atom. The van der Waals surface area contributed by atoms with E-state index >= 15 is 0 Å². The predicted octanol–water partition coefficient (Wildman–Crippen LogP) is 6.24. The number of carbonyl (C=O) groups excluding carboxylic acids is 1. The molecule has 162 valence electrons. The summed E-state index contributed by atoms with van der Waals surface area (Å²) in [6.45, 7) is 2.44. The first-order chi connectivity index (χ1) is 15.6. The lowest BCUT2D eigenvalue weighted by atomic mass is 10.1. The molecular weight excluding hydrogens is 438 g/mol. The highest BCUT2D eigenvalue weighted by Crippen LogP contribution is 2.39. The maximum Gasteiger partial charge on any atom is 0.266 e. The van der Waals surface area contributed by atoms with E-state index in [1.165, 1.54) is 11.8 Å². The second kappa shape index (κ2) is 10.0. The van der Waals surface area contributed by atoms with Crippen LogP contribution in [0, 0.1) is 0 Å². The summed E-state index contributed by atoms with van der Waals surface area (Å²) in [5.41, 5.74) is 2.98. The van der Waals surface area contributed by atoms with E-state index < -0.39 is 0 Å². The second-order valence-corrected chi connectivity index (χ2v) is 9.00. The molecule has 1 aliphatic rings. The van der Waals surface area contributed by atoms with Crippen molar-refractivity contribution in [1.82, 2.24) is 4.90 Å². The number of carbonyl (C=O) groups is 1. The molecule has 32 heavy (non-hydrogen) atoms. The van der Waals surface area contributed by atoms with Crippen molar-refractivity contribution in [2.24, 2.45) is 0 Å². The van der Waals surface area contributed by atoms with Gasteiger partial charge in [0.2, 0.25) is 0 Å². The summed E-state index contributed by atoms with van der Waals surface area (Å²) in [5.74, 6) is 1.18.